The van der Waals surface area contributed by atoms with Crippen molar-refractivity contribution in [3.8, 4) is 0 Å². The topological polar surface area (TPSA) is 9.86 Å². The summed E-state index contributed by atoms with van der Waals surface area (Å²) in [6.45, 7) is 4.62. The Morgan fingerprint density at radius 2 is 0.952 bits per heavy atom. The number of halogens is 4. The van der Waals surface area contributed by atoms with E-state index in [9.17, 15) is 0 Å². The maximum Gasteiger partial charge on any atom is 0.0373 e. The van der Waals surface area contributed by atoms with Crippen molar-refractivity contribution < 1.29 is 48.1 Å². The van der Waals surface area contributed by atoms with Gasteiger partial charge in [-0.3, -0.25) is 0 Å². The zero-order valence-corrected chi connectivity index (χ0v) is 31.8. The van der Waals surface area contributed by atoms with E-state index in [2.05, 4.69) is 165 Å². The van der Waals surface area contributed by atoms with Crippen LogP contribution in [0, 0.1) is 0 Å². The molecule has 42 heavy (non-hydrogen) atoms. The second-order valence-electron chi connectivity index (χ2n) is 10.4. The molecular weight excluding hydrogens is 786 g/mol. The fourth-order valence-corrected chi connectivity index (χ4v) is 6.54. The van der Waals surface area contributed by atoms with Crippen molar-refractivity contribution in [3.05, 3.63) is 106 Å². The number of hydrogen-bond acceptors (Lipinski definition) is 0. The second kappa shape index (κ2) is 13.5. The Bertz CT molecular complexity index is 2070. The van der Waals surface area contributed by atoms with Gasteiger partial charge in [0.1, 0.15) is 0 Å². The smallest absolute Gasteiger partial charge is 0.0373 e. The standard InChI is InChI=1S/2C16H11BrN.C2H6Si.2ClH.Zr/c2*1-18-14-5-3-2-4-13(14)16-12-7-6-11(17)8-10(12)9-15(16)18;1-3-2;;;/h2*2-9H,1H3;1-2H3;2*1H;/q2*-1;;;;+2/p-2. The van der Waals surface area contributed by atoms with E-state index >= 15 is 0 Å². The molecular formula is C34H28Br2Cl2N2SiZr-2. The molecule has 6 aromatic carbocycles. The summed E-state index contributed by atoms with van der Waals surface area (Å²) >= 11 is 8.82. The molecule has 0 aliphatic heterocycles. The molecule has 2 nitrogen and oxygen atoms in total. The minimum atomic E-state index is 0. The first kappa shape index (κ1) is 33.2. The number of nitrogens with zero attached hydrogens (tertiary/aromatic N) is 2. The van der Waals surface area contributed by atoms with Crippen LogP contribution in [-0.2, 0) is 37.4 Å². The van der Waals surface area contributed by atoms with Crippen molar-refractivity contribution in [2.75, 3.05) is 0 Å². The van der Waals surface area contributed by atoms with Gasteiger partial charge in [0.05, 0.1) is 0 Å². The molecule has 8 heteroatoms. The molecule has 212 valence electrons. The van der Waals surface area contributed by atoms with Crippen molar-refractivity contribution in [2.45, 2.75) is 13.1 Å². The van der Waals surface area contributed by atoms with Crippen molar-refractivity contribution >= 4 is 102 Å². The van der Waals surface area contributed by atoms with Crippen LogP contribution < -0.4 is 24.8 Å². The molecule has 0 N–H and O–H groups in total. The summed E-state index contributed by atoms with van der Waals surface area (Å²) in [6, 6.07) is 34.7. The molecule has 8 aromatic rings. The summed E-state index contributed by atoms with van der Waals surface area (Å²) < 4.78 is 6.82. The van der Waals surface area contributed by atoms with Gasteiger partial charge in [0, 0.05) is 25.1 Å². The summed E-state index contributed by atoms with van der Waals surface area (Å²) in [4.78, 5) is 0. The van der Waals surface area contributed by atoms with Crippen molar-refractivity contribution in [2.24, 2.45) is 14.1 Å². The van der Waals surface area contributed by atoms with Gasteiger partial charge in [-0.2, -0.15) is 0 Å². The normalized spacial score (nSPS) is 10.9. The molecule has 0 atom stereocenters. The Kier molecular flexibility index (Phi) is 10.7. The molecule has 0 aliphatic carbocycles. The second-order valence-corrected chi connectivity index (χ2v) is 21.6. The number of aromatic nitrogens is 2. The summed E-state index contributed by atoms with van der Waals surface area (Å²) in [5.41, 5.74) is 5.43. The van der Waals surface area contributed by atoms with Crippen LogP contribution in [0.2, 0.25) is 13.1 Å². The summed E-state index contributed by atoms with van der Waals surface area (Å²) in [7, 11) is 4.27. The van der Waals surface area contributed by atoms with E-state index in [4.69, 9.17) is 0 Å². The van der Waals surface area contributed by atoms with E-state index in [-0.39, 0.29) is 30.2 Å². The Labute approximate surface area is 290 Å². The Morgan fingerprint density at radius 3 is 1.33 bits per heavy atom. The molecule has 2 heterocycles. The molecule has 2 aromatic heterocycles. The van der Waals surface area contributed by atoms with E-state index in [0.29, 0.717) is 0 Å². The molecule has 0 amide bonds. The number of fused-ring (bicyclic) bond motifs is 10. The van der Waals surface area contributed by atoms with Crippen molar-refractivity contribution in [1.82, 2.24) is 9.13 Å². The fourth-order valence-electron chi connectivity index (χ4n) is 5.79. The summed E-state index contributed by atoms with van der Waals surface area (Å²) in [5, 5.41) is 10.7. The number of aryl methyl sites for hydroxylation is 2. The number of benzene rings is 4. The molecule has 0 unspecified atom stereocenters. The quantitative estimate of drug-likeness (QED) is 0.155. The molecule has 0 saturated carbocycles. The average molecular weight is 815 g/mol. The molecule has 0 spiro atoms. The van der Waals surface area contributed by atoms with E-state index in [1.54, 1.807) is 23.3 Å². The third-order valence-electron chi connectivity index (χ3n) is 7.45. The monoisotopic (exact) mass is 810 g/mol. The number of para-hydroxylation sites is 2. The van der Waals surface area contributed by atoms with Gasteiger partial charge in [0.15, 0.2) is 0 Å². The fraction of sp³-hybridized carbons (Fsp3) is 0.118. The molecule has 0 aliphatic rings. The van der Waals surface area contributed by atoms with Crippen LogP contribution in [0.1, 0.15) is 0 Å². The van der Waals surface area contributed by atoms with Crippen LogP contribution in [0.3, 0.4) is 0 Å². The van der Waals surface area contributed by atoms with E-state index in [0.717, 1.165) is 8.95 Å². The number of rotatable bonds is 0. The Morgan fingerprint density at radius 1 is 0.595 bits per heavy atom. The van der Waals surface area contributed by atoms with Crippen LogP contribution >= 0.6 is 31.9 Å². The van der Waals surface area contributed by atoms with Gasteiger partial charge in [0.2, 0.25) is 0 Å². The largest absolute Gasteiger partial charge is 1.00 e. The predicted octanol–water partition coefficient (Wildman–Crippen LogP) is 4.72. The Hall–Kier alpha value is -1.66. The molecule has 0 saturated heterocycles. The van der Waals surface area contributed by atoms with Crippen LogP contribution in [0.15, 0.2) is 106 Å². The maximum atomic E-state index is 3.54. The third-order valence-corrected chi connectivity index (χ3v) is 8.44. The van der Waals surface area contributed by atoms with Crippen molar-refractivity contribution in [1.29, 1.82) is 0 Å². The SMILES string of the molecule is C[Si](C)=[Zr+2].Cn1c2ccccc2c2c3ccc(Br)cc3[cH-]c21.Cn1c2ccccc2c2c3ccc(Br)cc3[cH-]c21.[Cl-].[Cl-]. The summed E-state index contributed by atoms with van der Waals surface area (Å²) in [6.07, 6.45) is 0. The minimum Gasteiger partial charge on any atom is -1.00 e. The molecule has 0 radical (unpaired) electrons. The zero-order valence-electron chi connectivity index (χ0n) is 23.6. The summed E-state index contributed by atoms with van der Waals surface area (Å²) in [5.74, 6) is 0. The van der Waals surface area contributed by atoms with E-state index in [1.165, 1.54) is 65.2 Å². The average Bonchev–Trinajstić information content (AvgIpc) is 3.63. The van der Waals surface area contributed by atoms with Crippen LogP contribution in [0.5, 0.6) is 0 Å². The zero-order chi connectivity index (χ0) is 28.1. The number of hydrogen-bond donors (Lipinski definition) is 0. The molecule has 0 fully saturated rings. The first-order valence-corrected chi connectivity index (χ1v) is 21.0. The van der Waals surface area contributed by atoms with Crippen molar-refractivity contribution in [3.63, 3.8) is 0 Å². The first-order chi connectivity index (χ1) is 19.2. The van der Waals surface area contributed by atoms with Gasteiger partial charge in [0.25, 0.3) is 0 Å². The molecule has 0 bridgehead atoms. The molecule has 8 rings (SSSR count). The van der Waals surface area contributed by atoms with Gasteiger partial charge in [-0.05, 0) is 42.9 Å². The first-order valence-electron chi connectivity index (χ1n) is 13.2. The van der Waals surface area contributed by atoms with Crippen LogP contribution in [0.25, 0.3) is 65.2 Å². The van der Waals surface area contributed by atoms with Gasteiger partial charge < -0.3 is 33.9 Å². The predicted molar refractivity (Wildman–Crippen MR) is 180 cm³/mol. The van der Waals surface area contributed by atoms with Gasteiger partial charge in [-0.1, -0.05) is 91.2 Å². The van der Waals surface area contributed by atoms with E-state index < -0.39 is 0 Å². The third kappa shape index (κ3) is 6.01. The van der Waals surface area contributed by atoms with Gasteiger partial charge in [-0.15, -0.1) is 57.9 Å². The van der Waals surface area contributed by atoms with Gasteiger partial charge >= 0.3 is 41.9 Å². The minimum absolute atomic E-state index is 0. The van der Waals surface area contributed by atoms with Gasteiger partial charge in [-0.25, -0.2) is 0 Å². The van der Waals surface area contributed by atoms with Crippen LogP contribution in [-0.4, -0.2) is 14.6 Å². The van der Waals surface area contributed by atoms with Crippen LogP contribution in [0.4, 0.5) is 0 Å². The Balaban J connectivity index is 0.000000165. The van der Waals surface area contributed by atoms with E-state index in [1.807, 2.05) is 0 Å². The maximum absolute atomic E-state index is 3.54.